The maximum absolute atomic E-state index is 5.16. The number of rotatable bonds is 8. The zero-order valence-electron chi connectivity index (χ0n) is 11.0. The first-order valence-corrected chi connectivity index (χ1v) is 6.09. The standard InChI is InChI=1S/C14H23NO2/c1-4-14(11-17-3)15-9-12-6-5-7-13(8-12)10-16-2/h5-8,14-15H,4,9-11H2,1-3H3. The molecule has 0 aromatic heterocycles. The second-order valence-corrected chi connectivity index (χ2v) is 4.19. The maximum atomic E-state index is 5.16. The van der Waals surface area contributed by atoms with Crippen LogP contribution in [-0.4, -0.2) is 26.9 Å². The average molecular weight is 237 g/mol. The third-order valence-corrected chi connectivity index (χ3v) is 2.76. The number of hydrogen-bond acceptors (Lipinski definition) is 3. The van der Waals surface area contributed by atoms with Crippen LogP contribution in [0.15, 0.2) is 24.3 Å². The van der Waals surface area contributed by atoms with Gasteiger partial charge in [-0.1, -0.05) is 31.2 Å². The van der Waals surface area contributed by atoms with Gasteiger partial charge >= 0.3 is 0 Å². The fraction of sp³-hybridized carbons (Fsp3) is 0.571. The van der Waals surface area contributed by atoms with Crippen molar-refractivity contribution >= 4 is 0 Å². The normalized spacial score (nSPS) is 12.6. The number of hydrogen-bond donors (Lipinski definition) is 1. The van der Waals surface area contributed by atoms with Crippen LogP contribution in [0.5, 0.6) is 0 Å². The zero-order chi connectivity index (χ0) is 12.5. The number of ether oxygens (including phenoxy) is 2. The molecule has 1 atom stereocenters. The monoisotopic (exact) mass is 237 g/mol. The van der Waals surface area contributed by atoms with Crippen LogP contribution in [0, 0.1) is 0 Å². The van der Waals surface area contributed by atoms with E-state index in [1.165, 1.54) is 11.1 Å². The van der Waals surface area contributed by atoms with Crippen LogP contribution in [0.4, 0.5) is 0 Å². The minimum atomic E-state index is 0.422. The quantitative estimate of drug-likeness (QED) is 0.753. The Balaban J connectivity index is 2.47. The van der Waals surface area contributed by atoms with Crippen LogP contribution in [0.3, 0.4) is 0 Å². The Labute approximate surface area is 104 Å². The molecule has 1 unspecified atom stereocenters. The molecule has 0 saturated carbocycles. The molecule has 96 valence electrons. The third-order valence-electron chi connectivity index (χ3n) is 2.76. The molecular formula is C14H23NO2. The van der Waals surface area contributed by atoms with Gasteiger partial charge in [0.2, 0.25) is 0 Å². The van der Waals surface area contributed by atoms with Gasteiger partial charge in [-0.15, -0.1) is 0 Å². The molecule has 0 aliphatic rings. The van der Waals surface area contributed by atoms with E-state index in [9.17, 15) is 0 Å². The highest BCUT2D eigenvalue weighted by Gasteiger charge is 2.04. The van der Waals surface area contributed by atoms with E-state index >= 15 is 0 Å². The van der Waals surface area contributed by atoms with Gasteiger partial charge in [0, 0.05) is 26.8 Å². The first-order chi connectivity index (χ1) is 8.30. The van der Waals surface area contributed by atoms with Crippen LogP contribution >= 0.6 is 0 Å². The first kappa shape index (κ1) is 14.2. The Morgan fingerprint density at radius 1 is 1.18 bits per heavy atom. The largest absolute Gasteiger partial charge is 0.383 e. The lowest BCUT2D eigenvalue weighted by atomic mass is 10.1. The molecule has 0 radical (unpaired) electrons. The van der Waals surface area contributed by atoms with E-state index in [2.05, 4.69) is 36.5 Å². The first-order valence-electron chi connectivity index (χ1n) is 6.09. The van der Waals surface area contributed by atoms with Gasteiger partial charge in [-0.05, 0) is 17.5 Å². The van der Waals surface area contributed by atoms with E-state index in [4.69, 9.17) is 9.47 Å². The van der Waals surface area contributed by atoms with Gasteiger partial charge in [0.05, 0.1) is 13.2 Å². The molecule has 1 N–H and O–H groups in total. The van der Waals surface area contributed by atoms with Crippen molar-refractivity contribution in [2.24, 2.45) is 0 Å². The van der Waals surface area contributed by atoms with Crippen LogP contribution in [0.25, 0.3) is 0 Å². The van der Waals surface area contributed by atoms with Gasteiger partial charge in [-0.25, -0.2) is 0 Å². The molecule has 1 rings (SSSR count). The third kappa shape index (κ3) is 5.31. The summed E-state index contributed by atoms with van der Waals surface area (Å²) in [4.78, 5) is 0. The Morgan fingerprint density at radius 2 is 1.94 bits per heavy atom. The molecule has 0 bridgehead atoms. The maximum Gasteiger partial charge on any atom is 0.0713 e. The fourth-order valence-corrected chi connectivity index (χ4v) is 1.78. The molecule has 1 aromatic carbocycles. The van der Waals surface area contributed by atoms with Crippen molar-refractivity contribution in [3.63, 3.8) is 0 Å². The van der Waals surface area contributed by atoms with E-state index in [1.54, 1.807) is 14.2 Å². The lowest BCUT2D eigenvalue weighted by Gasteiger charge is -2.16. The van der Waals surface area contributed by atoms with Crippen molar-refractivity contribution in [2.45, 2.75) is 32.5 Å². The van der Waals surface area contributed by atoms with Crippen LogP contribution < -0.4 is 5.32 Å². The molecule has 1 aromatic rings. The average Bonchev–Trinajstić information content (AvgIpc) is 2.35. The van der Waals surface area contributed by atoms with Gasteiger partial charge in [0.25, 0.3) is 0 Å². The predicted molar refractivity (Wildman–Crippen MR) is 69.9 cm³/mol. The molecule has 0 amide bonds. The number of nitrogens with one attached hydrogen (secondary N) is 1. The van der Waals surface area contributed by atoms with Crippen molar-refractivity contribution in [1.82, 2.24) is 5.32 Å². The van der Waals surface area contributed by atoms with Gasteiger partial charge in [-0.2, -0.15) is 0 Å². The summed E-state index contributed by atoms with van der Waals surface area (Å²) in [5, 5.41) is 3.49. The van der Waals surface area contributed by atoms with Crippen molar-refractivity contribution in [2.75, 3.05) is 20.8 Å². The van der Waals surface area contributed by atoms with Crippen molar-refractivity contribution < 1.29 is 9.47 Å². The summed E-state index contributed by atoms with van der Waals surface area (Å²) in [5.74, 6) is 0. The van der Waals surface area contributed by atoms with Gasteiger partial charge in [0.1, 0.15) is 0 Å². The zero-order valence-corrected chi connectivity index (χ0v) is 11.0. The number of methoxy groups -OCH3 is 2. The lowest BCUT2D eigenvalue weighted by Crippen LogP contribution is -2.32. The molecule has 0 spiro atoms. The Hall–Kier alpha value is -0.900. The summed E-state index contributed by atoms with van der Waals surface area (Å²) in [5.41, 5.74) is 2.50. The summed E-state index contributed by atoms with van der Waals surface area (Å²) >= 11 is 0. The molecule has 3 nitrogen and oxygen atoms in total. The van der Waals surface area contributed by atoms with Crippen molar-refractivity contribution in [1.29, 1.82) is 0 Å². The highest BCUT2D eigenvalue weighted by Crippen LogP contribution is 2.07. The molecule has 0 heterocycles. The fourth-order valence-electron chi connectivity index (χ4n) is 1.78. The highest BCUT2D eigenvalue weighted by molar-refractivity contribution is 5.22. The Kier molecular flexibility index (Phi) is 6.86. The second kappa shape index (κ2) is 8.23. The highest BCUT2D eigenvalue weighted by atomic mass is 16.5. The molecule has 3 heteroatoms. The second-order valence-electron chi connectivity index (χ2n) is 4.19. The number of benzene rings is 1. The SMILES string of the molecule is CCC(COC)NCc1cccc(COC)c1. The summed E-state index contributed by atoms with van der Waals surface area (Å²) in [6.07, 6.45) is 1.08. The molecule has 17 heavy (non-hydrogen) atoms. The summed E-state index contributed by atoms with van der Waals surface area (Å²) in [6.45, 7) is 4.47. The van der Waals surface area contributed by atoms with E-state index in [0.29, 0.717) is 12.6 Å². The molecule has 0 aliphatic carbocycles. The van der Waals surface area contributed by atoms with E-state index in [0.717, 1.165) is 19.6 Å². The van der Waals surface area contributed by atoms with Gasteiger partial charge in [-0.3, -0.25) is 0 Å². The molecule has 0 fully saturated rings. The topological polar surface area (TPSA) is 30.5 Å². The Morgan fingerprint density at radius 3 is 2.59 bits per heavy atom. The van der Waals surface area contributed by atoms with E-state index < -0.39 is 0 Å². The van der Waals surface area contributed by atoms with E-state index in [1.807, 2.05) is 0 Å². The van der Waals surface area contributed by atoms with Gasteiger partial charge in [0.15, 0.2) is 0 Å². The lowest BCUT2D eigenvalue weighted by molar-refractivity contribution is 0.163. The summed E-state index contributed by atoms with van der Waals surface area (Å²) in [6, 6.07) is 8.88. The smallest absolute Gasteiger partial charge is 0.0713 e. The molecule has 0 aliphatic heterocycles. The Bertz CT molecular complexity index is 315. The van der Waals surface area contributed by atoms with Gasteiger partial charge < -0.3 is 14.8 Å². The minimum absolute atomic E-state index is 0.422. The molecule has 0 saturated heterocycles. The predicted octanol–water partition coefficient (Wildman–Crippen LogP) is 2.35. The van der Waals surface area contributed by atoms with Crippen molar-refractivity contribution in [3.8, 4) is 0 Å². The summed E-state index contributed by atoms with van der Waals surface area (Å²) in [7, 11) is 3.46. The van der Waals surface area contributed by atoms with Crippen LogP contribution in [0.1, 0.15) is 24.5 Å². The van der Waals surface area contributed by atoms with Crippen LogP contribution in [-0.2, 0) is 22.6 Å². The van der Waals surface area contributed by atoms with Crippen LogP contribution in [0.2, 0.25) is 0 Å². The molecular weight excluding hydrogens is 214 g/mol. The van der Waals surface area contributed by atoms with Crippen molar-refractivity contribution in [3.05, 3.63) is 35.4 Å². The van der Waals surface area contributed by atoms with E-state index in [-0.39, 0.29) is 0 Å². The minimum Gasteiger partial charge on any atom is -0.383 e. The summed E-state index contributed by atoms with van der Waals surface area (Å²) < 4.78 is 10.3.